The zero-order valence-electron chi connectivity index (χ0n) is 19.2. The van der Waals surface area contributed by atoms with Crippen molar-refractivity contribution in [2.45, 2.75) is 38.1 Å². The molecule has 0 aliphatic carbocycles. The van der Waals surface area contributed by atoms with Gasteiger partial charge in [-0.2, -0.15) is 10.1 Å². The molecule has 2 aliphatic heterocycles. The first kappa shape index (κ1) is 21.9. The average molecular weight is 453 g/mol. The minimum Gasteiger partial charge on any atom is -0.493 e. The van der Waals surface area contributed by atoms with E-state index in [2.05, 4.69) is 15.3 Å². The van der Waals surface area contributed by atoms with Crippen LogP contribution in [0.5, 0.6) is 11.5 Å². The first-order valence-electron chi connectivity index (χ1n) is 11.9. The number of anilines is 1. The van der Waals surface area contributed by atoms with Gasteiger partial charge in [0.2, 0.25) is 0 Å². The number of fused-ring (bicyclic) bond motifs is 1. The highest BCUT2D eigenvalue weighted by Gasteiger charge is 2.19. The van der Waals surface area contributed by atoms with Crippen molar-refractivity contribution < 1.29 is 14.2 Å². The summed E-state index contributed by atoms with van der Waals surface area (Å²) in [7, 11) is 1.67. The van der Waals surface area contributed by atoms with Crippen molar-refractivity contribution in [1.29, 1.82) is 0 Å². The molecule has 4 heterocycles. The Morgan fingerprint density at radius 2 is 1.97 bits per heavy atom. The lowest BCUT2D eigenvalue weighted by atomic mass is 10.1. The van der Waals surface area contributed by atoms with E-state index in [-0.39, 0.29) is 0 Å². The van der Waals surface area contributed by atoms with Gasteiger partial charge >= 0.3 is 0 Å². The van der Waals surface area contributed by atoms with E-state index in [1.165, 1.54) is 25.9 Å². The fraction of sp³-hybridized carbons (Fsp3) is 0.542. The van der Waals surface area contributed by atoms with Crippen LogP contribution in [0.4, 0.5) is 5.82 Å². The number of rotatable bonds is 9. The Labute approximate surface area is 194 Å². The summed E-state index contributed by atoms with van der Waals surface area (Å²) in [6.45, 7) is 5.63. The SMILES string of the molecule is COc1cc2c(NC3CCOCC3)nc(-n3cccn3)nc2cc1OCCCN1CCCC1. The molecule has 9 nitrogen and oxygen atoms in total. The van der Waals surface area contributed by atoms with Gasteiger partial charge in [0.05, 0.1) is 19.2 Å². The Hall–Kier alpha value is -2.91. The maximum atomic E-state index is 6.14. The topological polar surface area (TPSA) is 86.6 Å². The number of nitrogens with zero attached hydrogens (tertiary/aromatic N) is 5. The summed E-state index contributed by atoms with van der Waals surface area (Å²) in [6, 6.07) is 6.09. The van der Waals surface area contributed by atoms with Gasteiger partial charge in [-0.15, -0.1) is 0 Å². The maximum absolute atomic E-state index is 6.14. The van der Waals surface area contributed by atoms with E-state index in [4.69, 9.17) is 24.2 Å². The number of aromatic nitrogens is 4. The lowest BCUT2D eigenvalue weighted by molar-refractivity contribution is 0.0904. The summed E-state index contributed by atoms with van der Waals surface area (Å²) in [5, 5.41) is 8.83. The van der Waals surface area contributed by atoms with Gasteiger partial charge in [-0.1, -0.05) is 0 Å². The molecule has 3 aromatic rings. The van der Waals surface area contributed by atoms with E-state index >= 15 is 0 Å². The number of methoxy groups -OCH3 is 1. The molecule has 2 aliphatic rings. The van der Waals surface area contributed by atoms with E-state index in [9.17, 15) is 0 Å². The summed E-state index contributed by atoms with van der Waals surface area (Å²) < 4.78 is 19.0. The molecule has 0 unspecified atom stereocenters. The summed E-state index contributed by atoms with van der Waals surface area (Å²) in [5.74, 6) is 2.69. The molecule has 0 amide bonds. The third-order valence-electron chi connectivity index (χ3n) is 6.32. The van der Waals surface area contributed by atoms with Crippen LogP contribution in [0.2, 0.25) is 0 Å². The Morgan fingerprint density at radius 1 is 1.12 bits per heavy atom. The van der Waals surface area contributed by atoms with Crippen LogP contribution in [0, 0.1) is 0 Å². The largest absolute Gasteiger partial charge is 0.493 e. The van der Waals surface area contributed by atoms with E-state index < -0.39 is 0 Å². The van der Waals surface area contributed by atoms with Gasteiger partial charge in [-0.05, 0) is 57.3 Å². The van der Waals surface area contributed by atoms with E-state index in [1.807, 2.05) is 24.4 Å². The van der Waals surface area contributed by atoms with Crippen molar-refractivity contribution in [3.05, 3.63) is 30.6 Å². The van der Waals surface area contributed by atoms with Gasteiger partial charge in [-0.25, -0.2) is 9.67 Å². The second-order valence-corrected chi connectivity index (χ2v) is 8.62. The molecule has 2 aromatic heterocycles. The highest BCUT2D eigenvalue weighted by atomic mass is 16.5. The first-order valence-corrected chi connectivity index (χ1v) is 11.9. The Bertz CT molecular complexity index is 1050. The zero-order valence-corrected chi connectivity index (χ0v) is 19.2. The lowest BCUT2D eigenvalue weighted by Crippen LogP contribution is -2.28. The van der Waals surface area contributed by atoms with Crippen LogP contribution in [0.25, 0.3) is 16.9 Å². The second kappa shape index (κ2) is 10.4. The normalized spacial score (nSPS) is 17.5. The monoisotopic (exact) mass is 452 g/mol. The number of nitrogens with one attached hydrogen (secondary N) is 1. The predicted octanol–water partition coefficient (Wildman–Crippen LogP) is 3.28. The molecule has 2 fully saturated rings. The maximum Gasteiger partial charge on any atom is 0.253 e. The average Bonchev–Trinajstić information content (AvgIpc) is 3.56. The molecule has 33 heavy (non-hydrogen) atoms. The van der Waals surface area contributed by atoms with Crippen molar-refractivity contribution in [2.24, 2.45) is 0 Å². The van der Waals surface area contributed by atoms with Crippen LogP contribution in [0.1, 0.15) is 32.1 Å². The molecule has 1 N–H and O–H groups in total. The molecule has 5 rings (SSSR count). The number of benzene rings is 1. The number of ether oxygens (including phenoxy) is 3. The van der Waals surface area contributed by atoms with E-state index in [0.717, 1.165) is 55.7 Å². The number of hydrogen-bond acceptors (Lipinski definition) is 8. The molecular weight excluding hydrogens is 420 g/mol. The standard InChI is InChI=1S/C24H32N6O3/c1-31-21-16-19-20(17-22(21)33-13-5-11-29-9-2-3-10-29)27-24(30-12-4-8-25-30)28-23(19)26-18-6-14-32-15-7-18/h4,8,12,16-18H,2-3,5-7,9-11,13-15H2,1H3,(H,26,27,28). The number of likely N-dealkylation sites (tertiary alicyclic amines) is 1. The Morgan fingerprint density at radius 3 is 2.73 bits per heavy atom. The summed E-state index contributed by atoms with van der Waals surface area (Å²) in [5.41, 5.74) is 0.792. The van der Waals surface area contributed by atoms with Crippen LogP contribution in [0.15, 0.2) is 30.6 Å². The molecule has 1 aromatic carbocycles. The number of hydrogen-bond donors (Lipinski definition) is 1. The van der Waals surface area contributed by atoms with Gasteiger partial charge < -0.3 is 24.4 Å². The van der Waals surface area contributed by atoms with Crippen LogP contribution in [0.3, 0.4) is 0 Å². The zero-order chi connectivity index (χ0) is 22.5. The molecule has 9 heteroatoms. The highest BCUT2D eigenvalue weighted by molar-refractivity contribution is 5.92. The Balaban J connectivity index is 1.42. The molecule has 0 atom stereocenters. The van der Waals surface area contributed by atoms with E-state index in [0.29, 0.717) is 30.1 Å². The second-order valence-electron chi connectivity index (χ2n) is 8.62. The van der Waals surface area contributed by atoms with Crippen LogP contribution >= 0.6 is 0 Å². The van der Waals surface area contributed by atoms with Gasteiger partial charge in [-0.3, -0.25) is 0 Å². The first-order chi connectivity index (χ1) is 16.3. The fourth-order valence-corrected chi connectivity index (χ4v) is 4.51. The van der Waals surface area contributed by atoms with Crippen molar-refractivity contribution >= 4 is 16.7 Å². The predicted molar refractivity (Wildman–Crippen MR) is 126 cm³/mol. The smallest absolute Gasteiger partial charge is 0.253 e. The molecule has 0 saturated carbocycles. The van der Waals surface area contributed by atoms with Crippen molar-refractivity contribution in [1.82, 2.24) is 24.6 Å². The van der Waals surface area contributed by atoms with E-state index in [1.54, 1.807) is 18.0 Å². The van der Waals surface area contributed by atoms with Crippen LogP contribution in [-0.4, -0.2) is 77.3 Å². The minimum absolute atomic E-state index is 0.301. The van der Waals surface area contributed by atoms with Gasteiger partial charge in [0.15, 0.2) is 11.5 Å². The molecule has 2 saturated heterocycles. The molecule has 0 bridgehead atoms. The van der Waals surface area contributed by atoms with Crippen molar-refractivity contribution in [2.75, 3.05) is 51.9 Å². The molecule has 0 radical (unpaired) electrons. The highest BCUT2D eigenvalue weighted by Crippen LogP contribution is 2.35. The van der Waals surface area contributed by atoms with Gasteiger partial charge in [0.25, 0.3) is 5.95 Å². The summed E-state index contributed by atoms with van der Waals surface area (Å²) in [4.78, 5) is 12.1. The summed E-state index contributed by atoms with van der Waals surface area (Å²) >= 11 is 0. The minimum atomic E-state index is 0.301. The van der Waals surface area contributed by atoms with Gasteiger partial charge in [0.1, 0.15) is 5.82 Å². The van der Waals surface area contributed by atoms with Gasteiger partial charge in [0, 0.05) is 49.6 Å². The third-order valence-corrected chi connectivity index (χ3v) is 6.32. The fourth-order valence-electron chi connectivity index (χ4n) is 4.51. The Kier molecular flexibility index (Phi) is 6.87. The van der Waals surface area contributed by atoms with Crippen molar-refractivity contribution in [3.63, 3.8) is 0 Å². The van der Waals surface area contributed by atoms with Crippen LogP contribution < -0.4 is 14.8 Å². The summed E-state index contributed by atoms with van der Waals surface area (Å²) in [6.07, 6.45) is 9.06. The molecule has 176 valence electrons. The van der Waals surface area contributed by atoms with Crippen molar-refractivity contribution in [3.8, 4) is 17.4 Å². The van der Waals surface area contributed by atoms with Crippen LogP contribution in [-0.2, 0) is 4.74 Å². The lowest BCUT2D eigenvalue weighted by Gasteiger charge is -2.24. The molecule has 0 spiro atoms. The third kappa shape index (κ3) is 5.20. The quantitative estimate of drug-likeness (QED) is 0.495. The molecular formula is C24H32N6O3.